The zero-order chi connectivity index (χ0) is 24.4. The summed E-state index contributed by atoms with van der Waals surface area (Å²) in [6.07, 6.45) is 5.14. The fourth-order valence-electron chi connectivity index (χ4n) is 4.29. The topological polar surface area (TPSA) is 96.2 Å². The lowest BCUT2D eigenvalue weighted by molar-refractivity contribution is -0.117. The molecule has 5 rings (SSSR count). The number of nitrogens with zero attached hydrogens (tertiary/aromatic N) is 5. The summed E-state index contributed by atoms with van der Waals surface area (Å²) in [6, 6.07) is 18.5. The molecule has 2 aromatic carbocycles. The summed E-state index contributed by atoms with van der Waals surface area (Å²) in [5, 5.41) is 14.5. The van der Waals surface area contributed by atoms with Gasteiger partial charge in [-0.05, 0) is 49.2 Å². The molecule has 0 spiro atoms. The van der Waals surface area contributed by atoms with Crippen LogP contribution in [0.4, 0.5) is 11.8 Å². The number of amides is 1. The smallest absolute Gasteiger partial charge is 0.231 e. The molecular weight excluding hydrogens is 464 g/mol. The van der Waals surface area contributed by atoms with Crippen LogP contribution in [0.1, 0.15) is 30.6 Å². The van der Waals surface area contributed by atoms with E-state index < -0.39 is 6.10 Å². The zero-order valence-corrected chi connectivity index (χ0v) is 19.9. The van der Waals surface area contributed by atoms with E-state index in [1.165, 1.54) is 0 Å². The van der Waals surface area contributed by atoms with Crippen LogP contribution in [0, 0.1) is 0 Å². The number of imidazole rings is 1. The molecule has 1 aliphatic rings. The predicted molar refractivity (Wildman–Crippen MR) is 135 cm³/mol. The molecule has 2 N–H and O–H groups in total. The summed E-state index contributed by atoms with van der Waals surface area (Å²) in [7, 11) is 0. The van der Waals surface area contributed by atoms with Crippen LogP contribution in [0.25, 0.3) is 5.69 Å². The summed E-state index contributed by atoms with van der Waals surface area (Å²) >= 11 is 5.98. The largest absolute Gasteiger partial charge is 0.390 e. The van der Waals surface area contributed by atoms with Crippen molar-refractivity contribution in [2.45, 2.75) is 38.0 Å². The third-order valence-electron chi connectivity index (χ3n) is 6.12. The van der Waals surface area contributed by atoms with Crippen LogP contribution in [-0.2, 0) is 11.2 Å². The number of rotatable bonds is 7. The number of anilines is 2. The van der Waals surface area contributed by atoms with Crippen LogP contribution in [0.5, 0.6) is 0 Å². The fraction of sp³-hybridized carbons (Fsp3) is 0.231. The number of hydrogen-bond donors (Lipinski definition) is 2. The molecule has 0 saturated carbocycles. The Morgan fingerprint density at radius 2 is 1.89 bits per heavy atom. The molecule has 1 aliphatic heterocycles. The van der Waals surface area contributed by atoms with Crippen LogP contribution in [0.2, 0.25) is 5.02 Å². The molecular formula is C26H25ClN6O2. The van der Waals surface area contributed by atoms with Crippen molar-refractivity contribution in [3.05, 3.63) is 95.7 Å². The summed E-state index contributed by atoms with van der Waals surface area (Å²) in [5.41, 5.74) is 2.81. The van der Waals surface area contributed by atoms with Crippen molar-refractivity contribution in [1.82, 2.24) is 19.5 Å². The number of benzene rings is 2. The molecule has 0 radical (unpaired) electrons. The minimum Gasteiger partial charge on any atom is -0.390 e. The van der Waals surface area contributed by atoms with Gasteiger partial charge in [0.1, 0.15) is 5.82 Å². The van der Waals surface area contributed by atoms with Crippen LogP contribution in [0.3, 0.4) is 0 Å². The number of aliphatic hydroxyl groups is 1. The molecule has 1 saturated heterocycles. The maximum absolute atomic E-state index is 12.8. The van der Waals surface area contributed by atoms with E-state index in [1.54, 1.807) is 23.5 Å². The van der Waals surface area contributed by atoms with Gasteiger partial charge in [-0.3, -0.25) is 9.69 Å². The molecule has 0 unspecified atom stereocenters. The molecule has 1 amide bonds. The lowest BCUT2D eigenvalue weighted by atomic mass is 10.0. The average molecular weight is 489 g/mol. The van der Waals surface area contributed by atoms with E-state index in [9.17, 15) is 9.90 Å². The minimum atomic E-state index is -0.759. The summed E-state index contributed by atoms with van der Waals surface area (Å²) in [6.45, 7) is 1.97. The number of aliphatic hydroxyl groups excluding tert-OH is 1. The third-order valence-corrected chi connectivity index (χ3v) is 6.37. The standard InChI is InChI=1S/C26H25ClN6O2/c1-17(21-15-32(16-29-21)20-9-7-19(27)8-10-20)30-26-28-12-11-24(31-26)33-22(23(34)14-25(33)35)13-18-5-3-2-4-6-18/h2-12,15-17,22-23,34H,13-14H2,1H3,(H,28,30,31)/t17-,22+,23+/m0/s1. The van der Waals surface area contributed by atoms with Gasteiger partial charge >= 0.3 is 0 Å². The first kappa shape index (κ1) is 23.0. The number of carbonyl (C=O) groups excluding carboxylic acids is 1. The van der Waals surface area contributed by atoms with Gasteiger partial charge in [-0.15, -0.1) is 0 Å². The molecule has 3 heterocycles. The highest BCUT2D eigenvalue weighted by molar-refractivity contribution is 6.30. The number of halogens is 1. The quantitative estimate of drug-likeness (QED) is 0.405. The number of hydrogen-bond acceptors (Lipinski definition) is 6. The van der Waals surface area contributed by atoms with Gasteiger partial charge in [-0.1, -0.05) is 41.9 Å². The van der Waals surface area contributed by atoms with Crippen molar-refractivity contribution in [3.8, 4) is 5.69 Å². The molecule has 0 aliphatic carbocycles. The molecule has 4 aromatic rings. The van der Waals surface area contributed by atoms with E-state index in [0.717, 1.165) is 16.9 Å². The molecule has 1 fully saturated rings. The summed E-state index contributed by atoms with van der Waals surface area (Å²) in [4.78, 5) is 27.8. The molecule has 35 heavy (non-hydrogen) atoms. The summed E-state index contributed by atoms with van der Waals surface area (Å²) < 4.78 is 1.92. The monoisotopic (exact) mass is 488 g/mol. The first-order valence-corrected chi connectivity index (χ1v) is 11.8. The molecule has 0 bridgehead atoms. The van der Waals surface area contributed by atoms with Gasteiger partial charge < -0.3 is 15.0 Å². The first-order chi connectivity index (χ1) is 17.0. The maximum atomic E-state index is 12.8. The Bertz CT molecular complexity index is 1310. The number of carbonyl (C=O) groups is 1. The second-order valence-electron chi connectivity index (χ2n) is 8.58. The van der Waals surface area contributed by atoms with Gasteiger partial charge in [-0.25, -0.2) is 9.97 Å². The van der Waals surface area contributed by atoms with Crippen molar-refractivity contribution < 1.29 is 9.90 Å². The highest BCUT2D eigenvalue weighted by Gasteiger charge is 2.40. The highest BCUT2D eigenvalue weighted by Crippen LogP contribution is 2.29. The Morgan fingerprint density at radius 3 is 2.66 bits per heavy atom. The van der Waals surface area contributed by atoms with Gasteiger partial charge in [0.25, 0.3) is 0 Å². The zero-order valence-electron chi connectivity index (χ0n) is 19.1. The summed E-state index contributed by atoms with van der Waals surface area (Å²) in [5.74, 6) is 0.686. The van der Waals surface area contributed by atoms with Crippen molar-refractivity contribution in [1.29, 1.82) is 0 Å². The molecule has 3 atom stereocenters. The molecule has 178 valence electrons. The Labute approximate surface area is 208 Å². The molecule has 8 nitrogen and oxygen atoms in total. The van der Waals surface area contributed by atoms with E-state index in [1.807, 2.05) is 72.3 Å². The normalized spacial score (nSPS) is 18.6. The Kier molecular flexibility index (Phi) is 6.48. The van der Waals surface area contributed by atoms with E-state index in [0.29, 0.717) is 23.2 Å². The average Bonchev–Trinajstić information content (AvgIpc) is 3.45. The van der Waals surface area contributed by atoms with E-state index in [4.69, 9.17) is 11.6 Å². The predicted octanol–water partition coefficient (Wildman–Crippen LogP) is 4.20. The van der Waals surface area contributed by atoms with Gasteiger partial charge in [0.05, 0.1) is 36.6 Å². The van der Waals surface area contributed by atoms with E-state index in [-0.39, 0.29) is 24.4 Å². The first-order valence-electron chi connectivity index (χ1n) is 11.4. The van der Waals surface area contributed by atoms with Crippen molar-refractivity contribution >= 4 is 29.3 Å². The number of nitrogens with one attached hydrogen (secondary N) is 1. The maximum Gasteiger partial charge on any atom is 0.231 e. The second kappa shape index (κ2) is 9.85. The Hall–Kier alpha value is -3.75. The van der Waals surface area contributed by atoms with Crippen molar-refractivity contribution in [2.24, 2.45) is 0 Å². The third kappa shape index (κ3) is 5.03. The van der Waals surface area contributed by atoms with Crippen LogP contribution < -0.4 is 10.2 Å². The van der Waals surface area contributed by atoms with E-state index in [2.05, 4.69) is 20.3 Å². The lowest BCUT2D eigenvalue weighted by Crippen LogP contribution is -2.39. The molecule has 9 heteroatoms. The SMILES string of the molecule is C[C@H](Nc1nccc(N2C(=O)C[C@@H](O)[C@H]2Cc2ccccc2)n1)c1cn(-c2ccc(Cl)cc2)cn1. The van der Waals surface area contributed by atoms with Gasteiger partial charge in [0.2, 0.25) is 11.9 Å². The van der Waals surface area contributed by atoms with Gasteiger partial charge in [0, 0.05) is 23.1 Å². The Balaban J connectivity index is 1.33. The highest BCUT2D eigenvalue weighted by atomic mass is 35.5. The van der Waals surface area contributed by atoms with E-state index >= 15 is 0 Å². The fourth-order valence-corrected chi connectivity index (χ4v) is 4.41. The lowest BCUT2D eigenvalue weighted by Gasteiger charge is -2.26. The molecule has 2 aromatic heterocycles. The van der Waals surface area contributed by atoms with Crippen LogP contribution >= 0.6 is 11.6 Å². The van der Waals surface area contributed by atoms with Crippen molar-refractivity contribution in [3.63, 3.8) is 0 Å². The van der Waals surface area contributed by atoms with Crippen molar-refractivity contribution in [2.75, 3.05) is 10.2 Å². The number of aromatic nitrogens is 4. The van der Waals surface area contributed by atoms with Crippen LogP contribution in [0.15, 0.2) is 79.4 Å². The second-order valence-corrected chi connectivity index (χ2v) is 9.02. The van der Waals surface area contributed by atoms with Crippen LogP contribution in [-0.4, -0.2) is 42.7 Å². The van der Waals surface area contributed by atoms with Gasteiger partial charge in [0.15, 0.2) is 0 Å². The Morgan fingerprint density at radius 1 is 1.11 bits per heavy atom. The van der Waals surface area contributed by atoms with Gasteiger partial charge in [-0.2, -0.15) is 4.98 Å². The minimum absolute atomic E-state index is 0.0722.